The summed E-state index contributed by atoms with van der Waals surface area (Å²) >= 11 is 0. The number of nitrogens with zero attached hydrogens (tertiary/aromatic N) is 2. The molecule has 0 aliphatic carbocycles. The summed E-state index contributed by atoms with van der Waals surface area (Å²) in [5.41, 5.74) is 0.958. The van der Waals surface area contributed by atoms with Gasteiger partial charge in [0.2, 0.25) is 5.95 Å². The van der Waals surface area contributed by atoms with Gasteiger partial charge in [0, 0.05) is 12.4 Å². The van der Waals surface area contributed by atoms with Crippen LogP contribution in [0, 0.1) is 0 Å². The topological polar surface area (TPSA) is 89.3 Å². The second-order valence-corrected chi connectivity index (χ2v) is 5.85. The molecule has 7 heteroatoms. The summed E-state index contributed by atoms with van der Waals surface area (Å²) in [7, 11) is 0. The number of rotatable bonds is 7. The van der Waals surface area contributed by atoms with Crippen molar-refractivity contribution >= 4 is 17.5 Å². The van der Waals surface area contributed by atoms with Gasteiger partial charge < -0.3 is 19.8 Å². The number of carbonyl (C=O) groups is 1. The average Bonchev–Trinajstić information content (AvgIpc) is 3.15. The molecule has 134 valence electrons. The van der Waals surface area contributed by atoms with Gasteiger partial charge >= 0.3 is 0 Å². The summed E-state index contributed by atoms with van der Waals surface area (Å²) in [6, 6.07) is 11.0. The summed E-state index contributed by atoms with van der Waals surface area (Å²) in [5, 5.41) is 5.85. The number of hydrogen-bond donors (Lipinski definition) is 2. The third kappa shape index (κ3) is 4.60. The van der Waals surface area contributed by atoms with E-state index >= 15 is 0 Å². The first kappa shape index (κ1) is 17.5. The molecular weight excluding hydrogens is 332 g/mol. The Bertz CT molecular complexity index is 845. The number of furan rings is 1. The van der Waals surface area contributed by atoms with Crippen molar-refractivity contribution in [2.45, 2.75) is 26.5 Å². The van der Waals surface area contributed by atoms with Crippen molar-refractivity contribution in [1.29, 1.82) is 0 Å². The highest BCUT2D eigenvalue weighted by Gasteiger charge is 2.12. The van der Waals surface area contributed by atoms with Crippen LogP contribution in [0.5, 0.6) is 5.75 Å². The number of benzene rings is 1. The highest BCUT2D eigenvalue weighted by molar-refractivity contribution is 6.04. The van der Waals surface area contributed by atoms with E-state index in [1.54, 1.807) is 12.3 Å². The second kappa shape index (κ2) is 8.15. The van der Waals surface area contributed by atoms with E-state index in [0.29, 0.717) is 29.5 Å². The SMILES string of the molecule is CC(C)Oc1ccccc1NC(=O)c1cnc(NCc2ccco2)nc1. The Morgan fingerprint density at radius 2 is 1.92 bits per heavy atom. The zero-order chi connectivity index (χ0) is 18.4. The lowest BCUT2D eigenvalue weighted by molar-refractivity contribution is 0.102. The molecule has 0 fully saturated rings. The predicted octanol–water partition coefficient (Wildman–Crippen LogP) is 3.72. The average molecular weight is 352 g/mol. The second-order valence-electron chi connectivity index (χ2n) is 5.85. The van der Waals surface area contributed by atoms with Gasteiger partial charge in [-0.1, -0.05) is 12.1 Å². The lowest BCUT2D eigenvalue weighted by Crippen LogP contribution is -2.15. The number of hydrogen-bond acceptors (Lipinski definition) is 6. The number of nitrogens with one attached hydrogen (secondary N) is 2. The molecule has 2 N–H and O–H groups in total. The normalized spacial score (nSPS) is 10.6. The van der Waals surface area contributed by atoms with E-state index in [0.717, 1.165) is 5.76 Å². The van der Waals surface area contributed by atoms with Crippen LogP contribution < -0.4 is 15.4 Å². The van der Waals surface area contributed by atoms with Gasteiger partial charge in [0.25, 0.3) is 5.91 Å². The molecule has 3 rings (SSSR count). The van der Waals surface area contributed by atoms with Crippen molar-refractivity contribution in [1.82, 2.24) is 9.97 Å². The minimum absolute atomic E-state index is 0.0101. The Balaban J connectivity index is 1.63. The smallest absolute Gasteiger partial charge is 0.258 e. The van der Waals surface area contributed by atoms with E-state index in [9.17, 15) is 4.79 Å². The molecular formula is C19H20N4O3. The number of para-hydroxylation sites is 2. The molecule has 1 amide bonds. The van der Waals surface area contributed by atoms with Crippen molar-refractivity contribution in [3.05, 3.63) is 66.4 Å². The quantitative estimate of drug-likeness (QED) is 0.674. The number of amides is 1. The van der Waals surface area contributed by atoms with Gasteiger partial charge in [-0.25, -0.2) is 9.97 Å². The fourth-order valence-corrected chi connectivity index (χ4v) is 2.24. The van der Waals surface area contributed by atoms with Crippen molar-refractivity contribution in [3.63, 3.8) is 0 Å². The molecule has 2 heterocycles. The lowest BCUT2D eigenvalue weighted by atomic mass is 10.2. The zero-order valence-corrected chi connectivity index (χ0v) is 14.6. The Hall–Kier alpha value is -3.35. The first-order valence-corrected chi connectivity index (χ1v) is 8.27. The van der Waals surface area contributed by atoms with Crippen molar-refractivity contribution in [2.75, 3.05) is 10.6 Å². The van der Waals surface area contributed by atoms with Crippen LogP contribution in [-0.4, -0.2) is 22.0 Å². The third-order valence-corrected chi connectivity index (χ3v) is 3.41. The molecule has 0 unspecified atom stereocenters. The first-order valence-electron chi connectivity index (χ1n) is 8.27. The maximum absolute atomic E-state index is 12.4. The molecule has 26 heavy (non-hydrogen) atoms. The fourth-order valence-electron chi connectivity index (χ4n) is 2.24. The largest absolute Gasteiger partial charge is 0.489 e. The van der Waals surface area contributed by atoms with E-state index in [4.69, 9.17) is 9.15 Å². The minimum Gasteiger partial charge on any atom is -0.489 e. The van der Waals surface area contributed by atoms with Crippen molar-refractivity contribution in [2.24, 2.45) is 0 Å². The van der Waals surface area contributed by atoms with E-state index in [1.807, 2.05) is 44.2 Å². The Morgan fingerprint density at radius 1 is 1.15 bits per heavy atom. The van der Waals surface area contributed by atoms with Crippen LogP contribution in [0.1, 0.15) is 30.0 Å². The van der Waals surface area contributed by atoms with E-state index in [2.05, 4.69) is 20.6 Å². The molecule has 1 aromatic carbocycles. The van der Waals surface area contributed by atoms with Crippen LogP contribution >= 0.6 is 0 Å². The van der Waals surface area contributed by atoms with Crippen molar-refractivity contribution in [3.8, 4) is 5.75 Å². The summed E-state index contributed by atoms with van der Waals surface area (Å²) in [4.78, 5) is 20.7. The summed E-state index contributed by atoms with van der Waals surface area (Å²) < 4.78 is 10.9. The molecule has 7 nitrogen and oxygen atoms in total. The number of anilines is 2. The zero-order valence-electron chi connectivity index (χ0n) is 14.6. The standard InChI is InChI=1S/C19H20N4O3/c1-13(2)26-17-8-4-3-7-16(17)23-18(24)14-10-20-19(21-11-14)22-12-15-6-5-9-25-15/h3-11,13H,12H2,1-2H3,(H,23,24)(H,20,21,22). The maximum Gasteiger partial charge on any atom is 0.258 e. The fraction of sp³-hybridized carbons (Fsp3) is 0.211. The summed E-state index contributed by atoms with van der Waals surface area (Å²) in [6.45, 7) is 4.33. The number of ether oxygens (including phenoxy) is 1. The lowest BCUT2D eigenvalue weighted by Gasteiger charge is -2.14. The summed E-state index contributed by atoms with van der Waals surface area (Å²) in [5.74, 6) is 1.51. The molecule has 0 saturated heterocycles. The minimum atomic E-state index is -0.303. The van der Waals surface area contributed by atoms with Gasteiger partial charge in [0.05, 0.1) is 30.2 Å². The van der Waals surface area contributed by atoms with Crippen LogP contribution in [0.4, 0.5) is 11.6 Å². The Morgan fingerprint density at radius 3 is 2.62 bits per heavy atom. The van der Waals surface area contributed by atoms with Crippen LogP contribution in [-0.2, 0) is 6.54 Å². The van der Waals surface area contributed by atoms with Gasteiger partial charge in [-0.15, -0.1) is 0 Å². The molecule has 0 spiro atoms. The van der Waals surface area contributed by atoms with Gasteiger partial charge in [0.1, 0.15) is 11.5 Å². The Kier molecular flexibility index (Phi) is 5.48. The van der Waals surface area contributed by atoms with E-state index in [-0.39, 0.29) is 12.0 Å². The molecule has 0 radical (unpaired) electrons. The summed E-state index contributed by atoms with van der Waals surface area (Å²) in [6.07, 6.45) is 4.56. The van der Waals surface area contributed by atoms with Gasteiger partial charge in [-0.05, 0) is 38.1 Å². The molecule has 0 saturated carbocycles. The highest BCUT2D eigenvalue weighted by atomic mass is 16.5. The van der Waals surface area contributed by atoms with Gasteiger partial charge in [-0.3, -0.25) is 4.79 Å². The first-order chi connectivity index (χ1) is 12.6. The molecule has 0 aliphatic rings. The third-order valence-electron chi connectivity index (χ3n) is 3.41. The van der Waals surface area contributed by atoms with Crippen LogP contribution in [0.25, 0.3) is 0 Å². The van der Waals surface area contributed by atoms with Crippen molar-refractivity contribution < 1.29 is 13.9 Å². The predicted molar refractivity (Wildman–Crippen MR) is 98.2 cm³/mol. The molecule has 0 bridgehead atoms. The molecule has 3 aromatic rings. The molecule has 0 aliphatic heterocycles. The van der Waals surface area contributed by atoms with Gasteiger partial charge in [-0.2, -0.15) is 0 Å². The number of carbonyl (C=O) groups excluding carboxylic acids is 1. The highest BCUT2D eigenvalue weighted by Crippen LogP contribution is 2.25. The Labute approximate surface area is 151 Å². The number of aromatic nitrogens is 2. The molecule has 2 aromatic heterocycles. The van der Waals surface area contributed by atoms with Crippen LogP contribution in [0.2, 0.25) is 0 Å². The van der Waals surface area contributed by atoms with Crippen LogP contribution in [0.3, 0.4) is 0 Å². The monoisotopic (exact) mass is 352 g/mol. The van der Waals surface area contributed by atoms with E-state index < -0.39 is 0 Å². The van der Waals surface area contributed by atoms with Gasteiger partial charge in [0.15, 0.2) is 0 Å². The molecule has 0 atom stereocenters. The maximum atomic E-state index is 12.4. The van der Waals surface area contributed by atoms with E-state index in [1.165, 1.54) is 12.4 Å². The van der Waals surface area contributed by atoms with Crippen LogP contribution in [0.15, 0.2) is 59.5 Å².